The third kappa shape index (κ3) is 4.85. The van der Waals surface area contributed by atoms with E-state index in [-0.39, 0.29) is 24.1 Å². The molecule has 32 heavy (non-hydrogen) atoms. The van der Waals surface area contributed by atoms with Crippen molar-refractivity contribution in [1.82, 2.24) is 9.80 Å². The Labute approximate surface area is 192 Å². The maximum atomic E-state index is 13.5. The second-order valence-electron chi connectivity index (χ2n) is 8.09. The van der Waals surface area contributed by atoms with E-state index in [1.54, 1.807) is 35.2 Å². The second-order valence-corrected chi connectivity index (χ2v) is 8.52. The number of imide groups is 1. The number of halogens is 1. The van der Waals surface area contributed by atoms with E-state index in [1.807, 2.05) is 25.1 Å². The summed E-state index contributed by atoms with van der Waals surface area (Å²) in [6.45, 7) is 5.74. The Morgan fingerprint density at radius 1 is 1.12 bits per heavy atom. The molecule has 2 aromatic rings. The van der Waals surface area contributed by atoms with Crippen LogP contribution in [0.15, 0.2) is 48.5 Å². The van der Waals surface area contributed by atoms with Crippen molar-refractivity contribution in [2.45, 2.75) is 19.4 Å². The Bertz CT molecular complexity index is 1000. The summed E-state index contributed by atoms with van der Waals surface area (Å²) in [5.41, 5.74) is 1.93. The normalized spacial score (nSPS) is 19.4. The van der Waals surface area contributed by atoms with E-state index in [0.29, 0.717) is 42.6 Å². The molecule has 0 spiro atoms. The van der Waals surface area contributed by atoms with Gasteiger partial charge < -0.3 is 9.64 Å². The zero-order valence-electron chi connectivity index (χ0n) is 18.0. The highest BCUT2D eigenvalue weighted by molar-refractivity contribution is 6.31. The van der Waals surface area contributed by atoms with E-state index in [0.717, 1.165) is 23.6 Å². The number of ether oxygens (including phenoxy) is 1. The maximum Gasteiger partial charge on any atom is 0.257 e. The second kappa shape index (κ2) is 9.81. The minimum absolute atomic E-state index is 0.0396. The lowest BCUT2D eigenvalue weighted by Crippen LogP contribution is -2.49. The van der Waals surface area contributed by atoms with Crippen molar-refractivity contribution in [3.05, 3.63) is 64.7 Å². The van der Waals surface area contributed by atoms with E-state index >= 15 is 0 Å². The topological polar surface area (TPSA) is 70.2 Å². The van der Waals surface area contributed by atoms with Gasteiger partial charge in [0.2, 0.25) is 5.91 Å². The number of aryl methyl sites for hydroxylation is 1. The SMILES string of the molecule is Cc1cccc(C(=O)N(CCN2CCOCC2)C2CC(=O)N(c3ccc(Cl)cc3)C2=O)c1. The van der Waals surface area contributed by atoms with Crippen LogP contribution in [0.25, 0.3) is 0 Å². The summed E-state index contributed by atoms with van der Waals surface area (Å²) in [5, 5.41) is 0.520. The molecule has 168 valence electrons. The summed E-state index contributed by atoms with van der Waals surface area (Å²) in [7, 11) is 0. The van der Waals surface area contributed by atoms with Crippen LogP contribution in [0.2, 0.25) is 5.02 Å². The average molecular weight is 456 g/mol. The standard InChI is InChI=1S/C24H26ClN3O4/c1-17-3-2-4-18(15-17)23(30)27(10-9-26-11-13-32-14-12-26)21-16-22(29)28(24(21)31)20-7-5-19(25)6-8-20/h2-8,15,21H,9-14,16H2,1H3. The largest absolute Gasteiger partial charge is 0.379 e. The van der Waals surface area contributed by atoms with Crippen molar-refractivity contribution in [2.75, 3.05) is 44.3 Å². The van der Waals surface area contributed by atoms with Crippen LogP contribution in [0.1, 0.15) is 22.3 Å². The molecular weight excluding hydrogens is 430 g/mol. The third-order valence-corrected chi connectivity index (χ3v) is 6.12. The minimum Gasteiger partial charge on any atom is -0.379 e. The zero-order valence-corrected chi connectivity index (χ0v) is 18.8. The summed E-state index contributed by atoms with van der Waals surface area (Å²) in [5.74, 6) is -0.956. The van der Waals surface area contributed by atoms with Crippen molar-refractivity contribution in [3.8, 4) is 0 Å². The van der Waals surface area contributed by atoms with Gasteiger partial charge in [-0.3, -0.25) is 19.3 Å². The molecule has 2 fully saturated rings. The van der Waals surface area contributed by atoms with Crippen LogP contribution in [0.5, 0.6) is 0 Å². The first-order chi connectivity index (χ1) is 15.4. The van der Waals surface area contributed by atoms with Gasteiger partial charge in [0.1, 0.15) is 6.04 Å². The Morgan fingerprint density at radius 2 is 1.84 bits per heavy atom. The van der Waals surface area contributed by atoms with Gasteiger partial charge in [-0.15, -0.1) is 0 Å². The molecule has 0 aromatic heterocycles. The van der Waals surface area contributed by atoms with Gasteiger partial charge in [0.25, 0.3) is 11.8 Å². The van der Waals surface area contributed by atoms with Gasteiger partial charge in [0, 0.05) is 36.8 Å². The fourth-order valence-corrected chi connectivity index (χ4v) is 4.26. The van der Waals surface area contributed by atoms with E-state index in [4.69, 9.17) is 16.3 Å². The first kappa shape index (κ1) is 22.5. The Morgan fingerprint density at radius 3 is 2.53 bits per heavy atom. The third-order valence-electron chi connectivity index (χ3n) is 5.87. The first-order valence-electron chi connectivity index (χ1n) is 10.7. The molecule has 0 bridgehead atoms. The van der Waals surface area contributed by atoms with Crippen LogP contribution in [0, 0.1) is 6.92 Å². The van der Waals surface area contributed by atoms with Gasteiger partial charge in [-0.25, -0.2) is 4.90 Å². The van der Waals surface area contributed by atoms with Crippen LogP contribution >= 0.6 is 11.6 Å². The molecule has 7 nitrogen and oxygen atoms in total. The molecule has 2 aromatic carbocycles. The molecule has 2 heterocycles. The average Bonchev–Trinajstić information content (AvgIpc) is 3.09. The molecule has 0 aliphatic carbocycles. The van der Waals surface area contributed by atoms with E-state index in [2.05, 4.69) is 4.90 Å². The number of benzene rings is 2. The highest BCUT2D eigenvalue weighted by atomic mass is 35.5. The number of carbonyl (C=O) groups is 3. The van der Waals surface area contributed by atoms with Gasteiger partial charge in [-0.2, -0.15) is 0 Å². The molecule has 0 saturated carbocycles. The Kier molecular flexibility index (Phi) is 6.89. The Hall–Kier alpha value is -2.74. The van der Waals surface area contributed by atoms with Crippen molar-refractivity contribution >= 4 is 35.0 Å². The summed E-state index contributed by atoms with van der Waals surface area (Å²) < 4.78 is 5.40. The highest BCUT2D eigenvalue weighted by Gasteiger charge is 2.44. The molecular formula is C24H26ClN3O4. The molecule has 0 radical (unpaired) electrons. The molecule has 3 amide bonds. The number of rotatable bonds is 6. The van der Waals surface area contributed by atoms with Crippen LogP contribution < -0.4 is 4.90 Å². The van der Waals surface area contributed by atoms with Gasteiger partial charge in [-0.1, -0.05) is 29.3 Å². The minimum atomic E-state index is -0.841. The predicted octanol–water partition coefficient (Wildman–Crippen LogP) is 2.75. The van der Waals surface area contributed by atoms with Crippen LogP contribution in [-0.2, 0) is 14.3 Å². The molecule has 8 heteroatoms. The van der Waals surface area contributed by atoms with Crippen molar-refractivity contribution in [2.24, 2.45) is 0 Å². The van der Waals surface area contributed by atoms with Crippen molar-refractivity contribution in [1.29, 1.82) is 0 Å². The van der Waals surface area contributed by atoms with E-state index in [1.165, 1.54) is 0 Å². The lowest BCUT2D eigenvalue weighted by molar-refractivity contribution is -0.122. The summed E-state index contributed by atoms with van der Waals surface area (Å²) >= 11 is 5.95. The molecule has 1 unspecified atom stereocenters. The summed E-state index contributed by atoms with van der Waals surface area (Å²) in [4.78, 5) is 44.6. The number of morpholine rings is 1. The number of anilines is 1. The summed E-state index contributed by atoms with van der Waals surface area (Å²) in [6, 6.07) is 13.0. The first-order valence-corrected chi connectivity index (χ1v) is 11.1. The van der Waals surface area contributed by atoms with E-state index < -0.39 is 6.04 Å². The van der Waals surface area contributed by atoms with Crippen LogP contribution in [-0.4, -0.2) is 73.0 Å². The number of hydrogen-bond donors (Lipinski definition) is 0. The summed E-state index contributed by atoms with van der Waals surface area (Å²) in [6.07, 6.45) is -0.0396. The van der Waals surface area contributed by atoms with Gasteiger partial charge >= 0.3 is 0 Å². The van der Waals surface area contributed by atoms with E-state index in [9.17, 15) is 14.4 Å². The quantitative estimate of drug-likeness (QED) is 0.626. The number of nitrogens with zero attached hydrogens (tertiary/aromatic N) is 3. The van der Waals surface area contributed by atoms with Crippen molar-refractivity contribution < 1.29 is 19.1 Å². The molecule has 1 atom stereocenters. The van der Waals surface area contributed by atoms with Crippen molar-refractivity contribution in [3.63, 3.8) is 0 Å². The highest BCUT2D eigenvalue weighted by Crippen LogP contribution is 2.28. The molecule has 2 aliphatic rings. The molecule has 4 rings (SSSR count). The fourth-order valence-electron chi connectivity index (χ4n) is 4.14. The Balaban J connectivity index is 1.59. The number of hydrogen-bond acceptors (Lipinski definition) is 5. The van der Waals surface area contributed by atoms with Crippen LogP contribution in [0.4, 0.5) is 5.69 Å². The fraction of sp³-hybridized carbons (Fsp3) is 0.375. The molecule has 2 saturated heterocycles. The lowest BCUT2D eigenvalue weighted by atomic mass is 10.1. The van der Waals surface area contributed by atoms with Crippen LogP contribution in [0.3, 0.4) is 0 Å². The van der Waals surface area contributed by atoms with Gasteiger partial charge in [-0.05, 0) is 43.3 Å². The smallest absolute Gasteiger partial charge is 0.257 e. The number of amides is 3. The lowest BCUT2D eigenvalue weighted by Gasteiger charge is -2.32. The monoisotopic (exact) mass is 455 g/mol. The predicted molar refractivity (Wildman–Crippen MR) is 122 cm³/mol. The zero-order chi connectivity index (χ0) is 22.7. The molecule has 0 N–H and O–H groups in total. The molecule has 2 aliphatic heterocycles. The van der Waals surface area contributed by atoms with Gasteiger partial charge in [0.15, 0.2) is 0 Å². The van der Waals surface area contributed by atoms with Gasteiger partial charge in [0.05, 0.1) is 25.3 Å². The maximum absolute atomic E-state index is 13.5. The number of carbonyl (C=O) groups excluding carboxylic acids is 3.